The van der Waals surface area contributed by atoms with Crippen molar-refractivity contribution < 1.29 is 0 Å². The lowest BCUT2D eigenvalue weighted by molar-refractivity contribution is 0.195. The number of rotatable bonds is 2. The number of nitrogens with one attached hydrogen (secondary N) is 1. The highest BCUT2D eigenvalue weighted by molar-refractivity contribution is 5.34. The average molecular weight is 189 g/mol. The molecule has 1 nitrogen and oxygen atoms in total. The van der Waals surface area contributed by atoms with Crippen molar-refractivity contribution in [3.05, 3.63) is 34.9 Å². The van der Waals surface area contributed by atoms with Gasteiger partial charge in [0.25, 0.3) is 0 Å². The Hall–Kier alpha value is -0.820. The number of hydrogen-bond donors (Lipinski definition) is 1. The normalized spacial score (nSPS) is 19.1. The van der Waals surface area contributed by atoms with Crippen LogP contribution in [-0.4, -0.2) is 13.1 Å². The van der Waals surface area contributed by atoms with Gasteiger partial charge in [0, 0.05) is 13.1 Å². The molecule has 1 N–H and O–H groups in total. The van der Waals surface area contributed by atoms with Crippen LogP contribution in [0, 0.1) is 19.3 Å². The molecular formula is C13H19N. The van der Waals surface area contributed by atoms with Gasteiger partial charge in [-0.25, -0.2) is 0 Å². The van der Waals surface area contributed by atoms with Gasteiger partial charge in [0.05, 0.1) is 0 Å². The second-order valence-corrected chi connectivity index (χ2v) is 4.95. The maximum absolute atomic E-state index is 3.36. The fourth-order valence-corrected chi connectivity index (χ4v) is 2.14. The molecule has 0 radical (unpaired) electrons. The lowest BCUT2D eigenvalue weighted by atomic mass is 9.77. The van der Waals surface area contributed by atoms with E-state index in [4.69, 9.17) is 0 Å². The largest absolute Gasteiger partial charge is 0.316 e. The van der Waals surface area contributed by atoms with Crippen LogP contribution >= 0.6 is 0 Å². The molecule has 0 aromatic heterocycles. The summed E-state index contributed by atoms with van der Waals surface area (Å²) in [6.45, 7) is 9.13. The van der Waals surface area contributed by atoms with Gasteiger partial charge >= 0.3 is 0 Å². The van der Waals surface area contributed by atoms with Crippen LogP contribution in [0.25, 0.3) is 0 Å². The minimum atomic E-state index is 0.499. The van der Waals surface area contributed by atoms with E-state index >= 15 is 0 Å². The molecule has 1 heteroatoms. The molecular weight excluding hydrogens is 170 g/mol. The summed E-state index contributed by atoms with van der Waals surface area (Å²) in [5, 5.41) is 3.36. The quantitative estimate of drug-likeness (QED) is 0.753. The standard InChI is InChI=1S/C13H19N/c1-10-5-4-6-12(11(10)2)7-13(3)8-14-9-13/h4-6,14H,7-9H2,1-3H3. The monoisotopic (exact) mass is 189 g/mol. The summed E-state index contributed by atoms with van der Waals surface area (Å²) in [4.78, 5) is 0. The highest BCUT2D eigenvalue weighted by Gasteiger charge is 2.31. The van der Waals surface area contributed by atoms with E-state index in [0.717, 1.165) is 0 Å². The Morgan fingerprint density at radius 1 is 1.29 bits per heavy atom. The van der Waals surface area contributed by atoms with Gasteiger partial charge in [0.1, 0.15) is 0 Å². The van der Waals surface area contributed by atoms with E-state index in [0.29, 0.717) is 5.41 Å². The first-order valence-corrected chi connectivity index (χ1v) is 5.37. The molecule has 0 atom stereocenters. The lowest BCUT2D eigenvalue weighted by Crippen LogP contribution is -2.52. The Labute approximate surface area is 86.5 Å². The van der Waals surface area contributed by atoms with Gasteiger partial charge in [-0.05, 0) is 42.4 Å². The molecule has 0 bridgehead atoms. The fraction of sp³-hybridized carbons (Fsp3) is 0.538. The van der Waals surface area contributed by atoms with Crippen LogP contribution in [0.5, 0.6) is 0 Å². The van der Waals surface area contributed by atoms with E-state index in [1.807, 2.05) is 0 Å². The topological polar surface area (TPSA) is 12.0 Å². The molecule has 76 valence electrons. The summed E-state index contributed by atoms with van der Waals surface area (Å²) < 4.78 is 0. The molecule has 2 rings (SSSR count). The Balaban J connectivity index is 2.20. The van der Waals surface area contributed by atoms with Crippen LogP contribution in [-0.2, 0) is 6.42 Å². The molecule has 0 unspecified atom stereocenters. The number of benzene rings is 1. The minimum Gasteiger partial charge on any atom is -0.316 e. The molecule has 1 aromatic rings. The maximum atomic E-state index is 3.36. The molecule has 1 aromatic carbocycles. The summed E-state index contributed by atoms with van der Waals surface area (Å²) in [6, 6.07) is 6.64. The van der Waals surface area contributed by atoms with Crippen molar-refractivity contribution in [2.75, 3.05) is 13.1 Å². The molecule has 1 heterocycles. The van der Waals surface area contributed by atoms with Crippen LogP contribution in [0.3, 0.4) is 0 Å². The molecule has 1 aliphatic heterocycles. The molecule has 1 saturated heterocycles. The third kappa shape index (κ3) is 1.69. The second-order valence-electron chi connectivity index (χ2n) is 4.95. The Morgan fingerprint density at radius 2 is 2.00 bits per heavy atom. The highest BCUT2D eigenvalue weighted by atomic mass is 15.0. The van der Waals surface area contributed by atoms with Crippen LogP contribution < -0.4 is 5.32 Å². The van der Waals surface area contributed by atoms with Crippen molar-refractivity contribution in [3.8, 4) is 0 Å². The van der Waals surface area contributed by atoms with Gasteiger partial charge in [0.15, 0.2) is 0 Å². The molecule has 0 saturated carbocycles. The predicted octanol–water partition coefficient (Wildman–Crippen LogP) is 2.46. The van der Waals surface area contributed by atoms with Crippen molar-refractivity contribution in [1.82, 2.24) is 5.32 Å². The molecule has 1 aliphatic rings. The van der Waals surface area contributed by atoms with Crippen LogP contribution in [0.15, 0.2) is 18.2 Å². The number of hydrogen-bond acceptors (Lipinski definition) is 1. The summed E-state index contributed by atoms with van der Waals surface area (Å²) in [5.74, 6) is 0. The summed E-state index contributed by atoms with van der Waals surface area (Å²) in [7, 11) is 0. The molecule has 0 aliphatic carbocycles. The fourth-order valence-electron chi connectivity index (χ4n) is 2.14. The van der Waals surface area contributed by atoms with E-state index in [2.05, 4.69) is 44.3 Å². The van der Waals surface area contributed by atoms with E-state index in [9.17, 15) is 0 Å². The molecule has 0 amide bonds. The smallest absolute Gasteiger partial charge is 0.00208 e. The van der Waals surface area contributed by atoms with E-state index in [1.165, 1.54) is 36.2 Å². The Kier molecular flexibility index (Phi) is 2.36. The maximum Gasteiger partial charge on any atom is 0.00208 e. The zero-order chi connectivity index (χ0) is 10.2. The zero-order valence-electron chi connectivity index (χ0n) is 9.35. The summed E-state index contributed by atoms with van der Waals surface area (Å²) >= 11 is 0. The summed E-state index contributed by atoms with van der Waals surface area (Å²) in [5.41, 5.74) is 4.91. The van der Waals surface area contributed by atoms with Gasteiger partial charge in [0.2, 0.25) is 0 Å². The van der Waals surface area contributed by atoms with Crippen molar-refractivity contribution in [2.24, 2.45) is 5.41 Å². The first-order chi connectivity index (χ1) is 6.61. The first kappa shape index (κ1) is 9.72. The second kappa shape index (κ2) is 3.39. The number of aryl methyl sites for hydroxylation is 1. The predicted molar refractivity (Wildman–Crippen MR) is 60.6 cm³/mol. The van der Waals surface area contributed by atoms with E-state index in [1.54, 1.807) is 0 Å². The van der Waals surface area contributed by atoms with Crippen molar-refractivity contribution in [2.45, 2.75) is 27.2 Å². The average Bonchev–Trinajstić information content (AvgIpc) is 2.10. The SMILES string of the molecule is Cc1cccc(CC2(C)CNC2)c1C. The Bertz CT molecular complexity index is 337. The van der Waals surface area contributed by atoms with E-state index < -0.39 is 0 Å². The van der Waals surface area contributed by atoms with Gasteiger partial charge in [-0.15, -0.1) is 0 Å². The molecule has 1 fully saturated rings. The van der Waals surface area contributed by atoms with Gasteiger partial charge in [-0.1, -0.05) is 25.1 Å². The molecule has 0 spiro atoms. The van der Waals surface area contributed by atoms with Gasteiger partial charge < -0.3 is 5.32 Å². The Morgan fingerprint density at radius 3 is 2.57 bits per heavy atom. The third-order valence-electron chi connectivity index (χ3n) is 3.44. The third-order valence-corrected chi connectivity index (χ3v) is 3.44. The highest BCUT2D eigenvalue weighted by Crippen LogP contribution is 2.28. The minimum absolute atomic E-state index is 0.499. The first-order valence-electron chi connectivity index (χ1n) is 5.37. The van der Waals surface area contributed by atoms with Gasteiger partial charge in [-0.2, -0.15) is 0 Å². The van der Waals surface area contributed by atoms with Crippen LogP contribution in [0.2, 0.25) is 0 Å². The zero-order valence-corrected chi connectivity index (χ0v) is 9.35. The van der Waals surface area contributed by atoms with Crippen molar-refractivity contribution in [1.29, 1.82) is 0 Å². The summed E-state index contributed by atoms with van der Waals surface area (Å²) in [6.07, 6.45) is 1.22. The van der Waals surface area contributed by atoms with Crippen LogP contribution in [0.1, 0.15) is 23.6 Å². The van der Waals surface area contributed by atoms with E-state index in [-0.39, 0.29) is 0 Å². The van der Waals surface area contributed by atoms with Crippen molar-refractivity contribution in [3.63, 3.8) is 0 Å². The molecule has 14 heavy (non-hydrogen) atoms. The van der Waals surface area contributed by atoms with Crippen LogP contribution in [0.4, 0.5) is 0 Å². The van der Waals surface area contributed by atoms with Crippen molar-refractivity contribution >= 4 is 0 Å². The lowest BCUT2D eigenvalue weighted by Gasteiger charge is -2.40. The van der Waals surface area contributed by atoms with Gasteiger partial charge in [-0.3, -0.25) is 0 Å².